The monoisotopic (exact) mass is 297 g/mol. The molecule has 0 unspecified atom stereocenters. The zero-order valence-electron chi connectivity index (χ0n) is 10.6. The van der Waals surface area contributed by atoms with Gasteiger partial charge >= 0.3 is 12.1 Å². The average Bonchev–Trinajstić information content (AvgIpc) is 2.40. The molecule has 4 nitrogen and oxygen atoms in total. The van der Waals surface area contributed by atoms with Gasteiger partial charge in [-0.05, 0) is 29.3 Å². The van der Waals surface area contributed by atoms with Crippen molar-refractivity contribution in [2.75, 3.05) is 0 Å². The Hall–Kier alpha value is -2.57. The number of benzene rings is 1. The molecule has 0 aliphatic rings. The third-order valence-corrected chi connectivity index (χ3v) is 2.85. The van der Waals surface area contributed by atoms with Crippen molar-refractivity contribution in [1.29, 1.82) is 0 Å². The number of nitrogens with one attached hydrogen (secondary N) is 1. The molecule has 7 heteroatoms. The Kier molecular flexibility index (Phi) is 3.84. The third-order valence-electron chi connectivity index (χ3n) is 2.85. The summed E-state index contributed by atoms with van der Waals surface area (Å²) in [4.78, 5) is 24.4. The van der Waals surface area contributed by atoms with E-state index in [1.807, 2.05) is 0 Å². The van der Waals surface area contributed by atoms with Crippen LogP contribution in [0, 0.1) is 0 Å². The van der Waals surface area contributed by atoms with Crippen LogP contribution in [0.5, 0.6) is 0 Å². The van der Waals surface area contributed by atoms with Crippen molar-refractivity contribution in [2.45, 2.75) is 12.6 Å². The molecule has 0 radical (unpaired) electrons. The molecule has 0 fully saturated rings. The second-order valence-corrected chi connectivity index (χ2v) is 4.39. The maximum atomic E-state index is 12.7. The zero-order chi connectivity index (χ0) is 15.6. The lowest BCUT2D eigenvalue weighted by atomic mass is 10.0. The van der Waals surface area contributed by atoms with Crippen molar-refractivity contribution in [1.82, 2.24) is 4.98 Å². The number of carboxylic acids is 1. The Morgan fingerprint density at radius 1 is 1.19 bits per heavy atom. The molecule has 1 aromatic heterocycles. The van der Waals surface area contributed by atoms with Gasteiger partial charge in [-0.3, -0.25) is 9.59 Å². The largest absolute Gasteiger partial charge is 0.481 e. The van der Waals surface area contributed by atoms with E-state index in [0.29, 0.717) is 5.56 Å². The highest BCUT2D eigenvalue weighted by atomic mass is 19.4. The fourth-order valence-corrected chi connectivity index (χ4v) is 1.87. The van der Waals surface area contributed by atoms with Crippen molar-refractivity contribution in [3.8, 4) is 11.1 Å². The molecule has 0 aliphatic carbocycles. The number of aromatic nitrogens is 1. The predicted octanol–water partition coefficient (Wildman–Crippen LogP) is 2.69. The van der Waals surface area contributed by atoms with Gasteiger partial charge < -0.3 is 10.1 Å². The van der Waals surface area contributed by atoms with Gasteiger partial charge in [0.2, 0.25) is 0 Å². The number of alkyl halides is 3. The normalized spacial score (nSPS) is 11.4. The average molecular weight is 297 g/mol. The highest BCUT2D eigenvalue weighted by molar-refractivity contribution is 5.71. The third kappa shape index (κ3) is 3.50. The number of pyridine rings is 1. The van der Waals surface area contributed by atoms with Crippen LogP contribution in [-0.2, 0) is 17.4 Å². The van der Waals surface area contributed by atoms with E-state index in [0.717, 1.165) is 12.1 Å². The summed E-state index contributed by atoms with van der Waals surface area (Å²) < 4.78 is 38.0. The quantitative estimate of drug-likeness (QED) is 0.915. The van der Waals surface area contributed by atoms with E-state index in [1.165, 1.54) is 24.4 Å². The van der Waals surface area contributed by atoms with Crippen LogP contribution in [0.15, 0.2) is 41.3 Å². The minimum absolute atomic E-state index is 0.0163. The lowest BCUT2D eigenvalue weighted by molar-refractivity contribution is -0.138. The van der Waals surface area contributed by atoms with Gasteiger partial charge in [-0.15, -0.1) is 0 Å². The maximum absolute atomic E-state index is 12.7. The Morgan fingerprint density at radius 3 is 2.52 bits per heavy atom. The molecule has 0 atom stereocenters. The Morgan fingerprint density at radius 2 is 1.90 bits per heavy atom. The summed E-state index contributed by atoms with van der Waals surface area (Å²) in [7, 11) is 0. The first kappa shape index (κ1) is 14.8. The standard InChI is InChI=1S/C14H10F3NO3/c15-14(16,17)11-3-1-2-8(5-11)10-4-9(6-12(19)20)13(21)18-7-10/h1-5,7H,6H2,(H,18,21)(H,19,20). The van der Waals surface area contributed by atoms with Crippen LogP contribution in [0.3, 0.4) is 0 Å². The number of aliphatic carboxylic acids is 1. The van der Waals surface area contributed by atoms with Crippen LogP contribution < -0.4 is 5.56 Å². The van der Waals surface area contributed by atoms with Crippen molar-refractivity contribution in [3.63, 3.8) is 0 Å². The van der Waals surface area contributed by atoms with E-state index < -0.39 is 29.7 Å². The Bertz CT molecular complexity index is 735. The number of rotatable bonds is 3. The molecule has 1 aromatic carbocycles. The molecule has 0 aliphatic heterocycles. The van der Waals surface area contributed by atoms with Gasteiger partial charge in [0, 0.05) is 11.8 Å². The highest BCUT2D eigenvalue weighted by Gasteiger charge is 2.30. The SMILES string of the molecule is O=C(O)Cc1cc(-c2cccc(C(F)(F)F)c2)c[nH]c1=O. The lowest BCUT2D eigenvalue weighted by Crippen LogP contribution is -2.15. The fourth-order valence-electron chi connectivity index (χ4n) is 1.87. The molecule has 0 saturated carbocycles. The number of carboxylic acid groups (broad SMARTS) is 1. The molecule has 0 amide bonds. The summed E-state index contributed by atoms with van der Waals surface area (Å²) in [5.74, 6) is -1.19. The van der Waals surface area contributed by atoms with Crippen LogP contribution in [0.1, 0.15) is 11.1 Å². The maximum Gasteiger partial charge on any atom is 0.416 e. The van der Waals surface area contributed by atoms with Crippen LogP contribution in [0.25, 0.3) is 11.1 Å². The lowest BCUT2D eigenvalue weighted by Gasteiger charge is -2.09. The zero-order valence-corrected chi connectivity index (χ0v) is 10.6. The van der Waals surface area contributed by atoms with Gasteiger partial charge in [-0.2, -0.15) is 13.2 Å². The van der Waals surface area contributed by atoms with Crippen molar-refractivity contribution in [3.05, 3.63) is 58.0 Å². The summed E-state index contributed by atoms with van der Waals surface area (Å²) in [5.41, 5.74) is -0.846. The topological polar surface area (TPSA) is 70.2 Å². The van der Waals surface area contributed by atoms with Crippen LogP contribution in [0.4, 0.5) is 13.2 Å². The number of aromatic amines is 1. The van der Waals surface area contributed by atoms with E-state index in [1.54, 1.807) is 0 Å². The van der Waals surface area contributed by atoms with E-state index in [2.05, 4.69) is 4.98 Å². The Labute approximate surface area is 116 Å². The van der Waals surface area contributed by atoms with E-state index in [-0.39, 0.29) is 11.1 Å². The van der Waals surface area contributed by atoms with Gasteiger partial charge in [0.05, 0.1) is 12.0 Å². The molecule has 21 heavy (non-hydrogen) atoms. The highest BCUT2D eigenvalue weighted by Crippen LogP contribution is 2.31. The van der Waals surface area contributed by atoms with Gasteiger partial charge in [0.1, 0.15) is 0 Å². The molecule has 0 spiro atoms. The first-order chi connectivity index (χ1) is 9.77. The number of carbonyl (C=O) groups is 1. The van der Waals surface area contributed by atoms with Gasteiger partial charge in [0.15, 0.2) is 0 Å². The molecule has 2 rings (SSSR count). The summed E-state index contributed by atoms with van der Waals surface area (Å²) in [6, 6.07) is 5.86. The molecule has 110 valence electrons. The number of H-pyrrole nitrogens is 1. The van der Waals surface area contributed by atoms with Gasteiger partial charge in [-0.1, -0.05) is 12.1 Å². The molecule has 1 heterocycles. The Balaban J connectivity index is 2.47. The van der Waals surface area contributed by atoms with Crippen molar-refractivity contribution >= 4 is 5.97 Å². The number of hydrogen-bond donors (Lipinski definition) is 2. The van der Waals surface area contributed by atoms with Crippen LogP contribution in [-0.4, -0.2) is 16.1 Å². The number of halogens is 3. The van der Waals surface area contributed by atoms with Crippen LogP contribution >= 0.6 is 0 Å². The summed E-state index contributed by atoms with van der Waals surface area (Å²) in [6.07, 6.45) is -3.71. The molecule has 0 saturated heterocycles. The molecule has 0 bridgehead atoms. The van der Waals surface area contributed by atoms with E-state index >= 15 is 0 Å². The summed E-state index contributed by atoms with van der Waals surface area (Å²) in [5, 5.41) is 8.70. The van der Waals surface area contributed by atoms with Gasteiger partial charge in [-0.25, -0.2) is 0 Å². The first-order valence-electron chi connectivity index (χ1n) is 5.88. The van der Waals surface area contributed by atoms with E-state index in [4.69, 9.17) is 5.11 Å². The van der Waals surface area contributed by atoms with E-state index in [9.17, 15) is 22.8 Å². The fraction of sp³-hybridized carbons (Fsp3) is 0.143. The number of hydrogen-bond acceptors (Lipinski definition) is 2. The minimum atomic E-state index is -4.47. The van der Waals surface area contributed by atoms with Crippen molar-refractivity contribution in [2.24, 2.45) is 0 Å². The smallest absolute Gasteiger partial charge is 0.416 e. The molecular weight excluding hydrogens is 287 g/mol. The molecule has 2 N–H and O–H groups in total. The molecular formula is C14H10F3NO3. The van der Waals surface area contributed by atoms with Gasteiger partial charge in [0.25, 0.3) is 5.56 Å². The molecule has 2 aromatic rings. The summed E-state index contributed by atoms with van der Waals surface area (Å²) in [6.45, 7) is 0. The predicted molar refractivity (Wildman–Crippen MR) is 68.8 cm³/mol. The minimum Gasteiger partial charge on any atom is -0.481 e. The summed E-state index contributed by atoms with van der Waals surface area (Å²) >= 11 is 0. The van der Waals surface area contributed by atoms with Crippen molar-refractivity contribution < 1.29 is 23.1 Å². The second-order valence-electron chi connectivity index (χ2n) is 4.39. The second kappa shape index (κ2) is 5.43. The van der Waals surface area contributed by atoms with Crippen LogP contribution in [0.2, 0.25) is 0 Å². The first-order valence-corrected chi connectivity index (χ1v) is 5.88.